The minimum Gasteiger partial charge on any atom is -0.383 e. The SMILES string of the molecule is CCSc1nc(N)c(C(N)=O)c(C(C)C)n1. The Bertz CT molecular complexity index is 406. The monoisotopic (exact) mass is 240 g/mol. The average Bonchev–Trinajstić information content (AvgIpc) is 2.16. The zero-order chi connectivity index (χ0) is 12.3. The maximum atomic E-state index is 11.3. The molecule has 0 aliphatic heterocycles. The van der Waals surface area contributed by atoms with Crippen molar-refractivity contribution in [1.29, 1.82) is 0 Å². The Morgan fingerprint density at radius 2 is 2.06 bits per heavy atom. The van der Waals surface area contributed by atoms with Gasteiger partial charge in [0.2, 0.25) is 0 Å². The first-order valence-electron chi connectivity index (χ1n) is 5.07. The Balaban J connectivity index is 3.33. The highest BCUT2D eigenvalue weighted by atomic mass is 32.2. The van der Waals surface area contributed by atoms with Gasteiger partial charge in [0.1, 0.15) is 11.4 Å². The number of aromatic nitrogens is 2. The van der Waals surface area contributed by atoms with Crippen LogP contribution in [-0.2, 0) is 0 Å². The average molecular weight is 240 g/mol. The molecular weight excluding hydrogens is 224 g/mol. The van der Waals surface area contributed by atoms with Gasteiger partial charge in [0.05, 0.1) is 5.69 Å². The highest BCUT2D eigenvalue weighted by Gasteiger charge is 2.19. The number of hydrogen-bond acceptors (Lipinski definition) is 5. The lowest BCUT2D eigenvalue weighted by Crippen LogP contribution is -2.19. The number of thioether (sulfide) groups is 1. The van der Waals surface area contributed by atoms with Crippen LogP contribution in [0, 0.1) is 0 Å². The van der Waals surface area contributed by atoms with Gasteiger partial charge in [-0.05, 0) is 11.7 Å². The lowest BCUT2D eigenvalue weighted by molar-refractivity contribution is 0.0999. The standard InChI is InChI=1S/C10H16N4OS/c1-4-16-10-13-7(5(2)3)6(9(12)15)8(11)14-10/h5H,4H2,1-3H3,(H2,12,15)(H2,11,13,14). The van der Waals surface area contributed by atoms with Crippen molar-refractivity contribution in [3.05, 3.63) is 11.3 Å². The van der Waals surface area contributed by atoms with E-state index >= 15 is 0 Å². The number of anilines is 1. The highest BCUT2D eigenvalue weighted by molar-refractivity contribution is 7.99. The van der Waals surface area contributed by atoms with Crippen molar-refractivity contribution >= 4 is 23.5 Å². The summed E-state index contributed by atoms with van der Waals surface area (Å²) in [5.74, 6) is 0.535. The predicted octanol–water partition coefficient (Wildman–Crippen LogP) is 1.39. The van der Waals surface area contributed by atoms with Crippen molar-refractivity contribution in [2.75, 3.05) is 11.5 Å². The molecule has 6 heteroatoms. The number of carbonyl (C=O) groups excluding carboxylic acids is 1. The van der Waals surface area contributed by atoms with Crippen LogP contribution in [0.4, 0.5) is 5.82 Å². The zero-order valence-corrected chi connectivity index (χ0v) is 10.5. The molecule has 1 rings (SSSR count). The van der Waals surface area contributed by atoms with Crippen LogP contribution in [0.1, 0.15) is 42.7 Å². The molecule has 1 aromatic heterocycles. The van der Waals surface area contributed by atoms with Gasteiger partial charge in [0, 0.05) is 0 Å². The number of amides is 1. The number of nitrogens with two attached hydrogens (primary N) is 2. The fourth-order valence-corrected chi connectivity index (χ4v) is 1.92. The van der Waals surface area contributed by atoms with Gasteiger partial charge in [-0.3, -0.25) is 4.79 Å². The van der Waals surface area contributed by atoms with Crippen LogP contribution < -0.4 is 11.5 Å². The van der Waals surface area contributed by atoms with Crippen LogP contribution in [0.25, 0.3) is 0 Å². The Morgan fingerprint density at radius 1 is 1.44 bits per heavy atom. The predicted molar refractivity (Wildman–Crippen MR) is 65.4 cm³/mol. The largest absolute Gasteiger partial charge is 0.383 e. The van der Waals surface area contributed by atoms with Gasteiger partial charge in [0.25, 0.3) is 5.91 Å². The number of hydrogen-bond donors (Lipinski definition) is 2. The van der Waals surface area contributed by atoms with Gasteiger partial charge in [-0.2, -0.15) is 0 Å². The van der Waals surface area contributed by atoms with Crippen molar-refractivity contribution in [1.82, 2.24) is 9.97 Å². The fraction of sp³-hybridized carbons (Fsp3) is 0.500. The fourth-order valence-electron chi connectivity index (χ4n) is 1.34. The molecular formula is C10H16N4OS. The summed E-state index contributed by atoms with van der Waals surface area (Å²) < 4.78 is 0. The second kappa shape index (κ2) is 5.16. The Morgan fingerprint density at radius 3 is 2.50 bits per heavy atom. The molecule has 0 saturated carbocycles. The van der Waals surface area contributed by atoms with E-state index < -0.39 is 5.91 Å². The molecule has 1 heterocycles. The summed E-state index contributed by atoms with van der Waals surface area (Å²) in [6, 6.07) is 0. The van der Waals surface area contributed by atoms with E-state index in [2.05, 4.69) is 9.97 Å². The van der Waals surface area contributed by atoms with E-state index in [-0.39, 0.29) is 17.3 Å². The molecule has 1 aromatic rings. The molecule has 88 valence electrons. The Labute approximate surface area is 99.0 Å². The van der Waals surface area contributed by atoms with Crippen molar-refractivity contribution < 1.29 is 4.79 Å². The van der Waals surface area contributed by atoms with E-state index in [0.29, 0.717) is 10.9 Å². The molecule has 0 aliphatic carbocycles. The van der Waals surface area contributed by atoms with Crippen LogP contribution in [0.2, 0.25) is 0 Å². The normalized spacial score (nSPS) is 10.8. The summed E-state index contributed by atoms with van der Waals surface area (Å²) in [5.41, 5.74) is 11.9. The van der Waals surface area contributed by atoms with Crippen molar-refractivity contribution in [2.24, 2.45) is 5.73 Å². The number of nitrogens with zero attached hydrogens (tertiary/aromatic N) is 2. The van der Waals surface area contributed by atoms with Gasteiger partial charge in [-0.15, -0.1) is 0 Å². The Kier molecular flexibility index (Phi) is 4.12. The van der Waals surface area contributed by atoms with Crippen LogP contribution in [-0.4, -0.2) is 21.6 Å². The molecule has 1 amide bonds. The van der Waals surface area contributed by atoms with Crippen LogP contribution in [0.3, 0.4) is 0 Å². The van der Waals surface area contributed by atoms with E-state index in [4.69, 9.17) is 11.5 Å². The summed E-state index contributed by atoms with van der Waals surface area (Å²) >= 11 is 1.49. The van der Waals surface area contributed by atoms with Gasteiger partial charge in [0.15, 0.2) is 5.16 Å². The summed E-state index contributed by atoms with van der Waals surface area (Å²) in [6.45, 7) is 5.88. The van der Waals surface area contributed by atoms with Gasteiger partial charge >= 0.3 is 0 Å². The topological polar surface area (TPSA) is 94.9 Å². The van der Waals surface area contributed by atoms with Gasteiger partial charge in [-0.1, -0.05) is 32.5 Å². The summed E-state index contributed by atoms with van der Waals surface area (Å²) in [7, 11) is 0. The number of carbonyl (C=O) groups is 1. The van der Waals surface area contributed by atoms with E-state index in [0.717, 1.165) is 5.75 Å². The minimum atomic E-state index is -0.575. The first-order valence-corrected chi connectivity index (χ1v) is 6.05. The maximum absolute atomic E-state index is 11.3. The molecule has 0 atom stereocenters. The molecule has 0 unspecified atom stereocenters. The molecule has 0 aliphatic rings. The van der Waals surface area contributed by atoms with E-state index in [1.165, 1.54) is 11.8 Å². The molecule has 4 N–H and O–H groups in total. The van der Waals surface area contributed by atoms with Gasteiger partial charge in [-0.25, -0.2) is 9.97 Å². The lowest BCUT2D eigenvalue weighted by Gasteiger charge is -2.12. The molecule has 0 bridgehead atoms. The first kappa shape index (κ1) is 12.8. The second-order valence-electron chi connectivity index (χ2n) is 3.60. The minimum absolute atomic E-state index is 0.0870. The molecule has 0 aromatic carbocycles. The van der Waals surface area contributed by atoms with Crippen LogP contribution in [0.5, 0.6) is 0 Å². The molecule has 5 nitrogen and oxygen atoms in total. The summed E-state index contributed by atoms with van der Waals surface area (Å²) in [4.78, 5) is 19.6. The quantitative estimate of drug-likeness (QED) is 0.612. The summed E-state index contributed by atoms with van der Waals surface area (Å²) in [5, 5.41) is 0.591. The van der Waals surface area contributed by atoms with Crippen molar-refractivity contribution in [2.45, 2.75) is 31.8 Å². The first-order chi connectivity index (χ1) is 7.47. The number of primary amides is 1. The van der Waals surface area contributed by atoms with Crippen LogP contribution >= 0.6 is 11.8 Å². The van der Waals surface area contributed by atoms with Crippen molar-refractivity contribution in [3.8, 4) is 0 Å². The third-order valence-electron chi connectivity index (χ3n) is 2.01. The Hall–Kier alpha value is -1.30. The highest BCUT2D eigenvalue weighted by Crippen LogP contribution is 2.24. The van der Waals surface area contributed by atoms with E-state index in [1.54, 1.807) is 0 Å². The van der Waals surface area contributed by atoms with Gasteiger partial charge < -0.3 is 11.5 Å². The third kappa shape index (κ3) is 2.63. The molecule has 0 spiro atoms. The zero-order valence-electron chi connectivity index (χ0n) is 9.65. The number of rotatable bonds is 4. The molecule has 16 heavy (non-hydrogen) atoms. The van der Waals surface area contributed by atoms with E-state index in [1.807, 2.05) is 20.8 Å². The second-order valence-corrected chi connectivity index (χ2v) is 4.83. The molecule has 0 radical (unpaired) electrons. The molecule has 0 saturated heterocycles. The van der Waals surface area contributed by atoms with Crippen molar-refractivity contribution in [3.63, 3.8) is 0 Å². The van der Waals surface area contributed by atoms with Crippen LogP contribution in [0.15, 0.2) is 5.16 Å². The maximum Gasteiger partial charge on any atom is 0.254 e. The smallest absolute Gasteiger partial charge is 0.254 e. The van der Waals surface area contributed by atoms with E-state index in [9.17, 15) is 4.79 Å². The lowest BCUT2D eigenvalue weighted by atomic mass is 10.0. The molecule has 0 fully saturated rings. The third-order valence-corrected chi connectivity index (χ3v) is 2.74. The summed E-state index contributed by atoms with van der Waals surface area (Å²) in [6.07, 6.45) is 0. The number of nitrogen functional groups attached to an aromatic ring is 1.